The summed E-state index contributed by atoms with van der Waals surface area (Å²) in [6.45, 7) is 2.17. The van der Waals surface area contributed by atoms with E-state index in [2.05, 4.69) is 17.3 Å². The summed E-state index contributed by atoms with van der Waals surface area (Å²) in [4.78, 5) is 9.34. The van der Waals surface area contributed by atoms with Gasteiger partial charge >= 0.3 is 0 Å². The Morgan fingerprint density at radius 2 is 1.84 bits per heavy atom. The normalized spacial score (nSPS) is 17.8. The van der Waals surface area contributed by atoms with Crippen molar-refractivity contribution in [2.75, 3.05) is 5.43 Å². The number of hydrazine groups is 1. The van der Waals surface area contributed by atoms with E-state index < -0.39 is 0 Å². The smallest absolute Gasteiger partial charge is 0.143 e. The van der Waals surface area contributed by atoms with Crippen LogP contribution in [0.15, 0.2) is 6.07 Å². The number of hydrogen-bond acceptors (Lipinski definition) is 4. The third-order valence-corrected chi connectivity index (χ3v) is 3.92. The lowest BCUT2D eigenvalue weighted by Crippen LogP contribution is -2.14. The summed E-state index contributed by atoms with van der Waals surface area (Å²) in [5.41, 5.74) is 3.80. The minimum Gasteiger partial charge on any atom is -0.308 e. The Kier molecular flexibility index (Phi) is 5.58. The highest BCUT2D eigenvalue weighted by atomic mass is 15.3. The standard InChI is InChI=1S/C15H26N4/c1-2-8-13-11-14(19-16)18-15(17-13)12-9-6-4-3-5-7-10-12/h11-12H,2-10,16H2,1H3,(H,17,18,19). The van der Waals surface area contributed by atoms with Gasteiger partial charge in [0.25, 0.3) is 0 Å². The topological polar surface area (TPSA) is 63.8 Å². The van der Waals surface area contributed by atoms with Crippen molar-refractivity contribution in [2.45, 2.75) is 70.6 Å². The van der Waals surface area contributed by atoms with Crippen molar-refractivity contribution in [1.29, 1.82) is 0 Å². The summed E-state index contributed by atoms with van der Waals surface area (Å²) >= 11 is 0. The average Bonchev–Trinajstić information content (AvgIpc) is 2.38. The Morgan fingerprint density at radius 1 is 1.16 bits per heavy atom. The SMILES string of the molecule is CCCc1cc(NN)nc(C2CCCCCCC2)n1. The zero-order chi connectivity index (χ0) is 13.5. The zero-order valence-corrected chi connectivity index (χ0v) is 12.0. The van der Waals surface area contributed by atoms with Gasteiger partial charge < -0.3 is 5.43 Å². The van der Waals surface area contributed by atoms with Crippen LogP contribution < -0.4 is 11.3 Å². The molecule has 0 atom stereocenters. The van der Waals surface area contributed by atoms with Crippen molar-refractivity contribution in [3.05, 3.63) is 17.6 Å². The van der Waals surface area contributed by atoms with Gasteiger partial charge in [-0.05, 0) is 19.3 Å². The molecule has 0 aromatic carbocycles. The van der Waals surface area contributed by atoms with Crippen LogP contribution in [0.5, 0.6) is 0 Å². The maximum absolute atomic E-state index is 5.53. The quantitative estimate of drug-likeness (QED) is 0.643. The van der Waals surface area contributed by atoms with Crippen LogP contribution in [0.25, 0.3) is 0 Å². The van der Waals surface area contributed by atoms with E-state index in [1.54, 1.807) is 0 Å². The maximum Gasteiger partial charge on any atom is 0.143 e. The molecule has 0 saturated heterocycles. The summed E-state index contributed by atoms with van der Waals surface area (Å²) < 4.78 is 0. The van der Waals surface area contributed by atoms with E-state index in [4.69, 9.17) is 10.8 Å². The predicted octanol–water partition coefficient (Wildman–Crippen LogP) is 3.54. The fourth-order valence-electron chi connectivity index (χ4n) is 2.87. The first kappa shape index (κ1) is 14.3. The molecule has 106 valence electrons. The summed E-state index contributed by atoms with van der Waals surface area (Å²) in [6.07, 6.45) is 11.2. The number of nitrogens with zero attached hydrogens (tertiary/aromatic N) is 2. The number of aryl methyl sites for hydroxylation is 1. The van der Waals surface area contributed by atoms with Crippen LogP contribution in [-0.2, 0) is 6.42 Å². The second-order valence-corrected chi connectivity index (χ2v) is 5.54. The summed E-state index contributed by atoms with van der Waals surface area (Å²) in [5.74, 6) is 7.81. The van der Waals surface area contributed by atoms with Gasteiger partial charge in [0.1, 0.15) is 11.6 Å². The average molecular weight is 262 g/mol. The molecule has 0 amide bonds. The Hall–Kier alpha value is -1.16. The minimum atomic E-state index is 0.518. The molecule has 4 nitrogen and oxygen atoms in total. The first-order valence-corrected chi connectivity index (χ1v) is 7.68. The van der Waals surface area contributed by atoms with Gasteiger partial charge in [-0.1, -0.05) is 45.4 Å². The molecule has 0 bridgehead atoms. The third kappa shape index (κ3) is 4.16. The number of nitrogens with two attached hydrogens (primary N) is 1. The Bertz CT molecular complexity index is 384. The van der Waals surface area contributed by atoms with Crippen LogP contribution in [0.4, 0.5) is 5.82 Å². The lowest BCUT2D eigenvalue weighted by molar-refractivity contribution is 0.441. The van der Waals surface area contributed by atoms with Gasteiger partial charge in [-0.15, -0.1) is 0 Å². The van der Waals surface area contributed by atoms with Gasteiger partial charge in [0.15, 0.2) is 0 Å². The molecule has 1 aliphatic carbocycles. The van der Waals surface area contributed by atoms with E-state index in [1.807, 2.05) is 6.07 Å². The van der Waals surface area contributed by atoms with E-state index in [-0.39, 0.29) is 0 Å². The van der Waals surface area contributed by atoms with Crippen molar-refractivity contribution in [1.82, 2.24) is 9.97 Å². The number of nitrogen functional groups attached to an aromatic ring is 1. The van der Waals surface area contributed by atoms with Gasteiger partial charge in [0, 0.05) is 17.7 Å². The molecule has 2 rings (SSSR count). The van der Waals surface area contributed by atoms with E-state index in [9.17, 15) is 0 Å². The molecule has 0 aliphatic heterocycles. The van der Waals surface area contributed by atoms with Gasteiger partial charge in [-0.2, -0.15) is 0 Å². The Balaban J connectivity index is 2.17. The van der Waals surface area contributed by atoms with Crippen molar-refractivity contribution in [2.24, 2.45) is 5.84 Å². The third-order valence-electron chi connectivity index (χ3n) is 3.92. The monoisotopic (exact) mass is 262 g/mol. The highest BCUT2D eigenvalue weighted by Gasteiger charge is 2.17. The molecule has 3 N–H and O–H groups in total. The van der Waals surface area contributed by atoms with E-state index in [0.717, 1.165) is 30.2 Å². The van der Waals surface area contributed by atoms with Crippen molar-refractivity contribution in [3.8, 4) is 0 Å². The van der Waals surface area contributed by atoms with Gasteiger partial charge in [0.05, 0.1) is 0 Å². The van der Waals surface area contributed by atoms with Gasteiger partial charge in [-0.25, -0.2) is 15.8 Å². The highest BCUT2D eigenvalue weighted by molar-refractivity contribution is 5.35. The van der Waals surface area contributed by atoms with E-state index >= 15 is 0 Å². The molecule has 1 aromatic heterocycles. The Labute approximate surface area is 116 Å². The van der Waals surface area contributed by atoms with Crippen LogP contribution in [0, 0.1) is 0 Å². The molecular weight excluding hydrogens is 236 g/mol. The summed E-state index contributed by atoms with van der Waals surface area (Å²) in [6, 6.07) is 1.97. The number of hydrogen-bond donors (Lipinski definition) is 2. The van der Waals surface area contributed by atoms with Gasteiger partial charge in [0.2, 0.25) is 0 Å². The lowest BCUT2D eigenvalue weighted by atomic mass is 9.90. The van der Waals surface area contributed by atoms with E-state index in [1.165, 1.54) is 44.9 Å². The molecule has 1 fully saturated rings. The van der Waals surface area contributed by atoms with Crippen LogP contribution in [0.1, 0.15) is 75.7 Å². The number of anilines is 1. The fraction of sp³-hybridized carbons (Fsp3) is 0.733. The van der Waals surface area contributed by atoms with Crippen LogP contribution in [0.2, 0.25) is 0 Å². The summed E-state index contributed by atoms with van der Waals surface area (Å²) in [7, 11) is 0. The molecule has 1 saturated carbocycles. The number of aromatic nitrogens is 2. The second-order valence-electron chi connectivity index (χ2n) is 5.54. The lowest BCUT2D eigenvalue weighted by Gasteiger charge is -2.19. The number of rotatable bonds is 4. The minimum absolute atomic E-state index is 0.518. The van der Waals surface area contributed by atoms with Crippen molar-refractivity contribution >= 4 is 5.82 Å². The molecule has 1 heterocycles. The second kappa shape index (κ2) is 7.43. The zero-order valence-electron chi connectivity index (χ0n) is 12.0. The fourth-order valence-corrected chi connectivity index (χ4v) is 2.87. The van der Waals surface area contributed by atoms with Crippen LogP contribution >= 0.6 is 0 Å². The van der Waals surface area contributed by atoms with Crippen molar-refractivity contribution < 1.29 is 0 Å². The molecule has 1 aromatic rings. The molecule has 4 heteroatoms. The first-order chi connectivity index (χ1) is 9.33. The molecule has 0 radical (unpaired) electrons. The largest absolute Gasteiger partial charge is 0.308 e. The molecule has 0 unspecified atom stereocenters. The molecular formula is C15H26N4. The van der Waals surface area contributed by atoms with Gasteiger partial charge in [-0.3, -0.25) is 0 Å². The Morgan fingerprint density at radius 3 is 2.47 bits per heavy atom. The first-order valence-electron chi connectivity index (χ1n) is 7.68. The highest BCUT2D eigenvalue weighted by Crippen LogP contribution is 2.29. The maximum atomic E-state index is 5.53. The predicted molar refractivity (Wildman–Crippen MR) is 78.9 cm³/mol. The van der Waals surface area contributed by atoms with Crippen LogP contribution in [0.3, 0.4) is 0 Å². The molecule has 1 aliphatic rings. The number of nitrogens with one attached hydrogen (secondary N) is 1. The summed E-state index contributed by atoms with van der Waals surface area (Å²) in [5, 5.41) is 0. The molecule has 0 spiro atoms. The molecule has 19 heavy (non-hydrogen) atoms. The van der Waals surface area contributed by atoms with E-state index in [0.29, 0.717) is 5.92 Å². The van der Waals surface area contributed by atoms with Crippen molar-refractivity contribution in [3.63, 3.8) is 0 Å². The van der Waals surface area contributed by atoms with Crippen LogP contribution in [-0.4, -0.2) is 9.97 Å².